The van der Waals surface area contributed by atoms with Gasteiger partial charge in [0, 0.05) is 26.2 Å². The number of amides is 1. The van der Waals surface area contributed by atoms with E-state index in [1.807, 2.05) is 11.9 Å². The van der Waals surface area contributed by atoms with Gasteiger partial charge in [-0.3, -0.25) is 9.69 Å². The standard InChI is InChI=1S/C11H21N3O/c1-12-6-8-14(11(15)10-12)9-7-13-4-2-3-5-13/h2-10H2,1H3. The van der Waals surface area contributed by atoms with Gasteiger partial charge in [0.15, 0.2) is 0 Å². The van der Waals surface area contributed by atoms with Crippen molar-refractivity contribution in [1.82, 2.24) is 14.7 Å². The molecular formula is C11H21N3O. The first-order valence-electron chi connectivity index (χ1n) is 5.94. The van der Waals surface area contributed by atoms with Gasteiger partial charge in [-0.2, -0.15) is 0 Å². The fourth-order valence-electron chi connectivity index (χ4n) is 2.33. The highest BCUT2D eigenvalue weighted by molar-refractivity contribution is 5.78. The summed E-state index contributed by atoms with van der Waals surface area (Å²) in [6.45, 7) is 6.96. The molecule has 0 bridgehead atoms. The van der Waals surface area contributed by atoms with E-state index in [4.69, 9.17) is 0 Å². The van der Waals surface area contributed by atoms with Gasteiger partial charge in [0.2, 0.25) is 5.91 Å². The molecule has 2 heterocycles. The molecule has 0 aliphatic carbocycles. The van der Waals surface area contributed by atoms with E-state index in [9.17, 15) is 4.79 Å². The fraction of sp³-hybridized carbons (Fsp3) is 0.909. The molecule has 2 fully saturated rings. The van der Waals surface area contributed by atoms with E-state index in [1.54, 1.807) is 0 Å². The van der Waals surface area contributed by atoms with E-state index in [0.29, 0.717) is 12.5 Å². The molecule has 0 N–H and O–H groups in total. The Labute approximate surface area is 91.8 Å². The summed E-state index contributed by atoms with van der Waals surface area (Å²) >= 11 is 0. The molecule has 0 spiro atoms. The zero-order chi connectivity index (χ0) is 10.7. The summed E-state index contributed by atoms with van der Waals surface area (Å²) < 4.78 is 0. The number of nitrogens with zero attached hydrogens (tertiary/aromatic N) is 3. The van der Waals surface area contributed by atoms with Gasteiger partial charge in [-0.25, -0.2) is 0 Å². The molecule has 15 heavy (non-hydrogen) atoms. The molecule has 0 atom stereocenters. The van der Waals surface area contributed by atoms with Crippen molar-refractivity contribution < 1.29 is 4.79 Å². The number of piperazine rings is 1. The van der Waals surface area contributed by atoms with Gasteiger partial charge < -0.3 is 9.80 Å². The number of hydrogen-bond acceptors (Lipinski definition) is 3. The lowest BCUT2D eigenvalue weighted by Gasteiger charge is -2.33. The number of likely N-dealkylation sites (tertiary alicyclic amines) is 1. The monoisotopic (exact) mass is 211 g/mol. The van der Waals surface area contributed by atoms with Crippen LogP contribution in [0.25, 0.3) is 0 Å². The maximum absolute atomic E-state index is 11.7. The van der Waals surface area contributed by atoms with Crippen LogP contribution in [0.3, 0.4) is 0 Å². The number of carbonyl (C=O) groups excluding carboxylic acids is 1. The highest BCUT2D eigenvalue weighted by atomic mass is 16.2. The van der Waals surface area contributed by atoms with Crippen molar-refractivity contribution in [3.63, 3.8) is 0 Å². The molecule has 2 aliphatic heterocycles. The van der Waals surface area contributed by atoms with Crippen molar-refractivity contribution in [2.24, 2.45) is 0 Å². The third-order valence-electron chi connectivity index (χ3n) is 3.39. The number of likely N-dealkylation sites (N-methyl/N-ethyl adjacent to an activating group) is 1. The minimum absolute atomic E-state index is 0.294. The summed E-state index contributed by atoms with van der Waals surface area (Å²) in [6, 6.07) is 0. The highest BCUT2D eigenvalue weighted by Gasteiger charge is 2.22. The Hall–Kier alpha value is -0.610. The van der Waals surface area contributed by atoms with Crippen LogP contribution in [0.4, 0.5) is 0 Å². The van der Waals surface area contributed by atoms with Crippen molar-refractivity contribution in [1.29, 1.82) is 0 Å². The van der Waals surface area contributed by atoms with Gasteiger partial charge in [-0.1, -0.05) is 0 Å². The predicted molar refractivity (Wildman–Crippen MR) is 59.8 cm³/mol. The number of hydrogen-bond donors (Lipinski definition) is 0. The van der Waals surface area contributed by atoms with E-state index in [0.717, 1.165) is 26.2 Å². The zero-order valence-electron chi connectivity index (χ0n) is 9.61. The summed E-state index contributed by atoms with van der Waals surface area (Å²) in [6.07, 6.45) is 2.66. The predicted octanol–water partition coefficient (Wildman–Crippen LogP) is -0.144. The Morgan fingerprint density at radius 3 is 2.47 bits per heavy atom. The number of rotatable bonds is 3. The molecule has 2 saturated heterocycles. The molecule has 4 nitrogen and oxygen atoms in total. The van der Waals surface area contributed by atoms with Crippen LogP contribution < -0.4 is 0 Å². The first-order valence-corrected chi connectivity index (χ1v) is 5.94. The van der Waals surface area contributed by atoms with E-state index in [1.165, 1.54) is 25.9 Å². The fourth-order valence-corrected chi connectivity index (χ4v) is 2.33. The van der Waals surface area contributed by atoms with Crippen molar-refractivity contribution in [2.45, 2.75) is 12.8 Å². The van der Waals surface area contributed by atoms with Gasteiger partial charge in [0.05, 0.1) is 6.54 Å². The SMILES string of the molecule is CN1CCN(CCN2CCCC2)C(=O)C1. The van der Waals surface area contributed by atoms with E-state index in [-0.39, 0.29) is 0 Å². The lowest BCUT2D eigenvalue weighted by Crippen LogP contribution is -2.50. The minimum atomic E-state index is 0.294. The van der Waals surface area contributed by atoms with E-state index < -0.39 is 0 Å². The topological polar surface area (TPSA) is 26.8 Å². The molecule has 2 aliphatic rings. The summed E-state index contributed by atoms with van der Waals surface area (Å²) in [5, 5.41) is 0. The number of carbonyl (C=O) groups is 1. The quantitative estimate of drug-likeness (QED) is 0.650. The lowest BCUT2D eigenvalue weighted by molar-refractivity contribution is -0.135. The largest absolute Gasteiger partial charge is 0.339 e. The molecule has 86 valence electrons. The van der Waals surface area contributed by atoms with Gasteiger partial charge in [0.1, 0.15) is 0 Å². The van der Waals surface area contributed by atoms with Gasteiger partial charge >= 0.3 is 0 Å². The minimum Gasteiger partial charge on any atom is -0.339 e. The summed E-state index contributed by atoms with van der Waals surface area (Å²) in [5.74, 6) is 0.294. The van der Waals surface area contributed by atoms with Crippen LogP contribution in [0.2, 0.25) is 0 Å². The maximum atomic E-state index is 11.7. The smallest absolute Gasteiger partial charge is 0.236 e. The maximum Gasteiger partial charge on any atom is 0.236 e. The summed E-state index contributed by atoms with van der Waals surface area (Å²) in [7, 11) is 2.01. The van der Waals surface area contributed by atoms with Crippen LogP contribution in [0.1, 0.15) is 12.8 Å². The molecule has 0 radical (unpaired) electrons. The third kappa shape index (κ3) is 2.92. The molecule has 0 unspecified atom stereocenters. The van der Waals surface area contributed by atoms with Crippen LogP contribution in [0.5, 0.6) is 0 Å². The molecule has 0 aromatic heterocycles. The Balaban J connectivity index is 1.71. The molecule has 1 amide bonds. The molecular weight excluding hydrogens is 190 g/mol. The second-order valence-corrected chi connectivity index (χ2v) is 4.67. The second-order valence-electron chi connectivity index (χ2n) is 4.67. The summed E-state index contributed by atoms with van der Waals surface area (Å²) in [4.78, 5) is 18.2. The molecule has 2 rings (SSSR count). The average molecular weight is 211 g/mol. The van der Waals surface area contributed by atoms with Crippen LogP contribution >= 0.6 is 0 Å². The van der Waals surface area contributed by atoms with Gasteiger partial charge in [-0.15, -0.1) is 0 Å². The lowest BCUT2D eigenvalue weighted by atomic mass is 10.3. The van der Waals surface area contributed by atoms with E-state index >= 15 is 0 Å². The van der Waals surface area contributed by atoms with Crippen LogP contribution in [0.15, 0.2) is 0 Å². The Kier molecular flexibility index (Phi) is 3.59. The van der Waals surface area contributed by atoms with Crippen LogP contribution in [-0.2, 0) is 4.79 Å². The van der Waals surface area contributed by atoms with Gasteiger partial charge in [-0.05, 0) is 33.0 Å². The Morgan fingerprint density at radius 2 is 1.80 bits per heavy atom. The molecule has 0 aromatic rings. The third-order valence-corrected chi connectivity index (χ3v) is 3.39. The van der Waals surface area contributed by atoms with Crippen molar-refractivity contribution in [3.05, 3.63) is 0 Å². The normalized spacial score (nSPS) is 25.1. The molecule has 0 aromatic carbocycles. The highest BCUT2D eigenvalue weighted by Crippen LogP contribution is 2.07. The van der Waals surface area contributed by atoms with Gasteiger partial charge in [0.25, 0.3) is 0 Å². The van der Waals surface area contributed by atoms with Crippen molar-refractivity contribution in [2.75, 3.05) is 52.9 Å². The molecule has 4 heteroatoms. The van der Waals surface area contributed by atoms with Crippen molar-refractivity contribution in [3.8, 4) is 0 Å². The first kappa shape index (κ1) is 10.9. The Morgan fingerprint density at radius 1 is 1.07 bits per heavy atom. The summed E-state index contributed by atoms with van der Waals surface area (Å²) in [5.41, 5.74) is 0. The second kappa shape index (κ2) is 4.94. The first-order chi connectivity index (χ1) is 7.25. The van der Waals surface area contributed by atoms with Crippen LogP contribution in [-0.4, -0.2) is 73.5 Å². The Bertz CT molecular complexity index is 226. The van der Waals surface area contributed by atoms with Crippen LogP contribution in [0, 0.1) is 0 Å². The zero-order valence-corrected chi connectivity index (χ0v) is 9.61. The molecule has 0 saturated carbocycles. The van der Waals surface area contributed by atoms with E-state index in [2.05, 4.69) is 9.80 Å². The average Bonchev–Trinajstić information content (AvgIpc) is 2.69. The van der Waals surface area contributed by atoms with Crippen molar-refractivity contribution >= 4 is 5.91 Å².